The van der Waals surface area contributed by atoms with Crippen LogP contribution in [0.15, 0.2) is 108 Å². The molecule has 2 aromatic heterocycles. The summed E-state index contributed by atoms with van der Waals surface area (Å²) in [6.07, 6.45) is 0. The SMILES string of the molecule is Cc1ccccc1-c1ccc(-c2cc3c4ccccc4c(=O)n4c5ccccc5c(c2)c34)cc1C. The summed E-state index contributed by atoms with van der Waals surface area (Å²) in [6, 6.07) is 36.0. The molecule has 7 aromatic rings. The van der Waals surface area contributed by atoms with E-state index in [9.17, 15) is 4.79 Å². The molecule has 0 aliphatic rings. The van der Waals surface area contributed by atoms with Crippen molar-refractivity contribution in [3.8, 4) is 22.3 Å². The van der Waals surface area contributed by atoms with Crippen molar-refractivity contribution in [2.24, 2.45) is 0 Å². The zero-order chi connectivity index (χ0) is 23.7. The van der Waals surface area contributed by atoms with Crippen molar-refractivity contribution in [1.29, 1.82) is 0 Å². The standard InChI is InChI=1S/C33H23NO/c1-20-9-3-4-10-24(20)25-16-15-22(17-21(25)2)23-18-29-26-11-5-6-13-28(26)33(35)34-31-14-8-7-12-27(31)30(19-23)32(29)34/h3-19H,1-2H3. The Morgan fingerprint density at radius 1 is 0.514 bits per heavy atom. The minimum absolute atomic E-state index is 0.0467. The van der Waals surface area contributed by atoms with Crippen molar-refractivity contribution in [1.82, 2.24) is 4.40 Å². The number of para-hydroxylation sites is 1. The van der Waals surface area contributed by atoms with Gasteiger partial charge >= 0.3 is 0 Å². The molecule has 0 saturated carbocycles. The van der Waals surface area contributed by atoms with Crippen molar-refractivity contribution in [3.05, 3.63) is 125 Å². The fourth-order valence-electron chi connectivity index (χ4n) is 5.73. The van der Waals surface area contributed by atoms with Crippen LogP contribution in [0.4, 0.5) is 0 Å². The highest BCUT2D eigenvalue weighted by molar-refractivity contribution is 6.21. The first kappa shape index (κ1) is 20.0. The molecule has 0 spiro atoms. The fraction of sp³-hybridized carbons (Fsp3) is 0.0606. The van der Waals surface area contributed by atoms with E-state index in [1.54, 1.807) is 0 Å². The van der Waals surface area contributed by atoms with Gasteiger partial charge < -0.3 is 0 Å². The number of fused-ring (bicyclic) bond motifs is 5. The van der Waals surface area contributed by atoms with Gasteiger partial charge in [-0.2, -0.15) is 0 Å². The molecular weight excluding hydrogens is 426 g/mol. The number of nitrogens with zero attached hydrogens (tertiary/aromatic N) is 1. The molecule has 0 bridgehead atoms. The van der Waals surface area contributed by atoms with E-state index >= 15 is 0 Å². The summed E-state index contributed by atoms with van der Waals surface area (Å²) in [5, 5.41) is 5.11. The van der Waals surface area contributed by atoms with Crippen LogP contribution in [0.3, 0.4) is 0 Å². The third-order valence-electron chi connectivity index (χ3n) is 7.41. The number of aromatic nitrogens is 1. The Morgan fingerprint density at radius 2 is 1.14 bits per heavy atom. The number of aryl methyl sites for hydroxylation is 2. The minimum Gasteiger partial charge on any atom is -0.275 e. The molecule has 2 nitrogen and oxygen atoms in total. The molecule has 7 rings (SSSR count). The maximum atomic E-state index is 13.5. The predicted molar refractivity (Wildman–Crippen MR) is 148 cm³/mol. The maximum absolute atomic E-state index is 13.5. The van der Waals surface area contributed by atoms with E-state index in [0.29, 0.717) is 0 Å². The topological polar surface area (TPSA) is 21.5 Å². The van der Waals surface area contributed by atoms with Crippen LogP contribution in [0.5, 0.6) is 0 Å². The number of hydrogen-bond acceptors (Lipinski definition) is 1. The quantitative estimate of drug-likeness (QED) is 0.244. The Morgan fingerprint density at radius 3 is 1.91 bits per heavy atom. The van der Waals surface area contributed by atoms with Gasteiger partial charge in [0.05, 0.1) is 11.0 Å². The number of benzene rings is 5. The third kappa shape index (κ3) is 2.80. The van der Waals surface area contributed by atoms with Gasteiger partial charge in [0.2, 0.25) is 0 Å². The first-order valence-electron chi connectivity index (χ1n) is 12.0. The molecular formula is C33H23NO. The Bertz CT molecular complexity index is 1990. The zero-order valence-electron chi connectivity index (χ0n) is 19.7. The average Bonchev–Trinajstić information content (AvgIpc) is 3.23. The van der Waals surface area contributed by atoms with Crippen molar-refractivity contribution in [2.75, 3.05) is 0 Å². The Labute approximate surface area is 203 Å². The van der Waals surface area contributed by atoms with Crippen molar-refractivity contribution in [2.45, 2.75) is 13.8 Å². The Hall–Kier alpha value is -4.43. The summed E-state index contributed by atoms with van der Waals surface area (Å²) in [6.45, 7) is 4.35. The first-order valence-corrected chi connectivity index (χ1v) is 12.0. The lowest BCUT2D eigenvalue weighted by atomic mass is 9.92. The highest BCUT2D eigenvalue weighted by Crippen LogP contribution is 2.38. The van der Waals surface area contributed by atoms with E-state index in [1.165, 1.54) is 33.4 Å². The van der Waals surface area contributed by atoms with E-state index in [4.69, 9.17) is 0 Å². The summed E-state index contributed by atoms with van der Waals surface area (Å²) in [7, 11) is 0. The van der Waals surface area contributed by atoms with Crippen LogP contribution in [0.1, 0.15) is 11.1 Å². The van der Waals surface area contributed by atoms with Gasteiger partial charge in [0.1, 0.15) is 0 Å². The lowest BCUT2D eigenvalue weighted by Crippen LogP contribution is -2.12. The van der Waals surface area contributed by atoms with Crippen LogP contribution in [-0.2, 0) is 0 Å². The molecule has 5 aromatic carbocycles. The van der Waals surface area contributed by atoms with Crippen molar-refractivity contribution in [3.63, 3.8) is 0 Å². The Kier molecular flexibility index (Phi) is 4.16. The molecule has 0 fully saturated rings. The molecule has 2 heteroatoms. The number of hydrogen-bond donors (Lipinski definition) is 0. The van der Waals surface area contributed by atoms with Crippen LogP contribution >= 0.6 is 0 Å². The van der Waals surface area contributed by atoms with E-state index in [1.807, 2.05) is 34.7 Å². The molecule has 166 valence electrons. The molecule has 0 amide bonds. The van der Waals surface area contributed by atoms with E-state index in [-0.39, 0.29) is 5.56 Å². The monoisotopic (exact) mass is 449 g/mol. The van der Waals surface area contributed by atoms with Crippen molar-refractivity contribution >= 4 is 38.0 Å². The largest absolute Gasteiger partial charge is 0.275 e. The molecule has 0 aliphatic carbocycles. The molecule has 2 heterocycles. The molecule has 35 heavy (non-hydrogen) atoms. The normalized spacial score (nSPS) is 11.8. The van der Waals surface area contributed by atoms with Gasteiger partial charge in [-0.15, -0.1) is 0 Å². The molecule has 0 N–H and O–H groups in total. The van der Waals surface area contributed by atoms with E-state index in [0.717, 1.165) is 38.0 Å². The van der Waals surface area contributed by atoms with Gasteiger partial charge in [-0.3, -0.25) is 9.20 Å². The smallest absolute Gasteiger partial charge is 0.263 e. The van der Waals surface area contributed by atoms with Crippen LogP contribution in [0, 0.1) is 13.8 Å². The summed E-state index contributed by atoms with van der Waals surface area (Å²) >= 11 is 0. The van der Waals surface area contributed by atoms with Crippen LogP contribution in [-0.4, -0.2) is 4.40 Å². The van der Waals surface area contributed by atoms with E-state index < -0.39 is 0 Å². The summed E-state index contributed by atoms with van der Waals surface area (Å²) in [5.41, 5.74) is 9.44. The van der Waals surface area contributed by atoms with Gasteiger partial charge in [-0.25, -0.2) is 0 Å². The molecule has 0 unspecified atom stereocenters. The van der Waals surface area contributed by atoms with Crippen LogP contribution in [0.2, 0.25) is 0 Å². The molecule has 0 atom stereocenters. The number of rotatable bonds is 2. The number of pyridine rings is 1. The predicted octanol–water partition coefficient (Wildman–Crippen LogP) is 8.15. The van der Waals surface area contributed by atoms with Gasteiger partial charge in [-0.1, -0.05) is 78.9 Å². The fourth-order valence-corrected chi connectivity index (χ4v) is 5.73. The second-order valence-corrected chi connectivity index (χ2v) is 9.47. The molecule has 0 saturated heterocycles. The minimum atomic E-state index is 0.0467. The van der Waals surface area contributed by atoms with E-state index in [2.05, 4.69) is 86.6 Å². The maximum Gasteiger partial charge on any atom is 0.263 e. The average molecular weight is 450 g/mol. The summed E-state index contributed by atoms with van der Waals surface area (Å²) in [4.78, 5) is 13.5. The van der Waals surface area contributed by atoms with Crippen LogP contribution in [0.25, 0.3) is 60.2 Å². The van der Waals surface area contributed by atoms with Gasteiger partial charge in [0.15, 0.2) is 0 Å². The highest BCUT2D eigenvalue weighted by Gasteiger charge is 2.18. The second-order valence-electron chi connectivity index (χ2n) is 9.47. The lowest BCUT2D eigenvalue weighted by Gasteiger charge is -2.13. The third-order valence-corrected chi connectivity index (χ3v) is 7.41. The van der Waals surface area contributed by atoms with Gasteiger partial charge in [0, 0.05) is 21.5 Å². The first-order chi connectivity index (χ1) is 17.1. The second kappa shape index (κ2) is 7.28. The highest BCUT2D eigenvalue weighted by atomic mass is 16.1. The molecule has 0 radical (unpaired) electrons. The van der Waals surface area contributed by atoms with Gasteiger partial charge in [0.25, 0.3) is 5.56 Å². The lowest BCUT2D eigenvalue weighted by molar-refractivity contribution is 1.21. The van der Waals surface area contributed by atoms with Crippen LogP contribution < -0.4 is 5.56 Å². The molecule has 0 aliphatic heterocycles. The van der Waals surface area contributed by atoms with Gasteiger partial charge in [-0.05, 0) is 76.9 Å². The summed E-state index contributed by atoms with van der Waals surface area (Å²) < 4.78 is 1.90. The zero-order valence-corrected chi connectivity index (χ0v) is 19.7. The Balaban J connectivity index is 1.56. The van der Waals surface area contributed by atoms with Crippen molar-refractivity contribution < 1.29 is 0 Å². The summed E-state index contributed by atoms with van der Waals surface area (Å²) in [5.74, 6) is 0.